The molecule has 16 heavy (non-hydrogen) atoms. The molecule has 0 amide bonds. The summed E-state index contributed by atoms with van der Waals surface area (Å²) in [6.07, 6.45) is 5.48. The molecule has 0 atom stereocenters. The standard InChI is InChI=1S/C10H11N3O2S/c11-16(14,15)8-3-4-9-10(7-1-2-7)12-6-13(9)5-8/h3-7H,1-2H2,(H2,11,14,15). The van der Waals surface area contributed by atoms with Gasteiger partial charge in [0.1, 0.15) is 0 Å². The first kappa shape index (κ1) is 9.80. The van der Waals surface area contributed by atoms with E-state index in [1.807, 2.05) is 0 Å². The average molecular weight is 237 g/mol. The number of rotatable bonds is 2. The van der Waals surface area contributed by atoms with Crippen molar-refractivity contribution in [1.29, 1.82) is 0 Å². The molecule has 0 unspecified atom stereocenters. The zero-order valence-electron chi connectivity index (χ0n) is 8.50. The summed E-state index contributed by atoms with van der Waals surface area (Å²) in [6.45, 7) is 0. The van der Waals surface area contributed by atoms with Crippen LogP contribution in [-0.4, -0.2) is 17.8 Å². The Morgan fingerprint density at radius 2 is 2.12 bits per heavy atom. The minimum Gasteiger partial charge on any atom is -0.305 e. The number of fused-ring (bicyclic) bond motifs is 1. The van der Waals surface area contributed by atoms with Gasteiger partial charge in [-0.3, -0.25) is 0 Å². The molecule has 0 spiro atoms. The molecule has 2 aromatic heterocycles. The summed E-state index contributed by atoms with van der Waals surface area (Å²) in [5, 5.41) is 5.07. The number of sulfonamides is 1. The molecule has 2 heterocycles. The Balaban J connectivity index is 2.20. The summed E-state index contributed by atoms with van der Waals surface area (Å²) >= 11 is 0. The number of nitrogens with zero attached hydrogens (tertiary/aromatic N) is 2. The highest BCUT2D eigenvalue weighted by Gasteiger charge is 2.27. The summed E-state index contributed by atoms with van der Waals surface area (Å²) in [6, 6.07) is 3.29. The lowest BCUT2D eigenvalue weighted by Gasteiger charge is -2.00. The number of pyridine rings is 1. The predicted octanol–water partition coefficient (Wildman–Crippen LogP) is 0.859. The number of aromatic nitrogens is 2. The van der Waals surface area contributed by atoms with Crippen LogP contribution in [-0.2, 0) is 10.0 Å². The van der Waals surface area contributed by atoms with Crippen molar-refractivity contribution >= 4 is 15.5 Å². The molecule has 2 aromatic rings. The number of nitrogens with two attached hydrogens (primary N) is 1. The molecule has 5 nitrogen and oxygen atoms in total. The molecule has 84 valence electrons. The van der Waals surface area contributed by atoms with Crippen LogP contribution >= 0.6 is 0 Å². The van der Waals surface area contributed by atoms with E-state index < -0.39 is 10.0 Å². The molecular formula is C10H11N3O2S. The lowest BCUT2D eigenvalue weighted by molar-refractivity contribution is 0.597. The Morgan fingerprint density at radius 3 is 2.75 bits per heavy atom. The average Bonchev–Trinajstić information content (AvgIpc) is 2.96. The van der Waals surface area contributed by atoms with Gasteiger partial charge in [0, 0.05) is 12.1 Å². The highest BCUT2D eigenvalue weighted by Crippen LogP contribution is 2.41. The van der Waals surface area contributed by atoms with Crippen molar-refractivity contribution in [2.45, 2.75) is 23.7 Å². The number of primary sulfonamides is 1. The molecule has 0 saturated heterocycles. The molecular weight excluding hydrogens is 226 g/mol. The molecule has 0 aliphatic heterocycles. The second-order valence-electron chi connectivity index (χ2n) is 4.11. The first-order valence-electron chi connectivity index (χ1n) is 5.05. The van der Waals surface area contributed by atoms with Crippen molar-refractivity contribution in [2.75, 3.05) is 0 Å². The van der Waals surface area contributed by atoms with Crippen molar-refractivity contribution in [2.24, 2.45) is 5.14 Å². The topological polar surface area (TPSA) is 77.5 Å². The Labute approximate surface area is 93.0 Å². The van der Waals surface area contributed by atoms with Gasteiger partial charge < -0.3 is 4.40 Å². The largest absolute Gasteiger partial charge is 0.305 e. The van der Waals surface area contributed by atoms with E-state index in [0.717, 1.165) is 11.2 Å². The molecule has 0 radical (unpaired) electrons. The predicted molar refractivity (Wildman–Crippen MR) is 58.5 cm³/mol. The fourth-order valence-electron chi connectivity index (χ4n) is 1.84. The Morgan fingerprint density at radius 1 is 1.38 bits per heavy atom. The second-order valence-corrected chi connectivity index (χ2v) is 5.67. The van der Waals surface area contributed by atoms with Gasteiger partial charge in [0.25, 0.3) is 0 Å². The summed E-state index contributed by atoms with van der Waals surface area (Å²) in [7, 11) is -3.64. The van der Waals surface area contributed by atoms with Gasteiger partial charge in [-0.1, -0.05) is 0 Å². The number of imidazole rings is 1. The molecule has 2 N–H and O–H groups in total. The molecule has 1 aliphatic rings. The van der Waals surface area contributed by atoms with E-state index >= 15 is 0 Å². The van der Waals surface area contributed by atoms with Gasteiger partial charge in [0.15, 0.2) is 0 Å². The third-order valence-electron chi connectivity index (χ3n) is 2.83. The van der Waals surface area contributed by atoms with E-state index in [-0.39, 0.29) is 4.90 Å². The molecule has 1 fully saturated rings. The van der Waals surface area contributed by atoms with Gasteiger partial charge in [-0.2, -0.15) is 0 Å². The smallest absolute Gasteiger partial charge is 0.239 e. The minimum atomic E-state index is -3.64. The molecule has 0 aromatic carbocycles. The molecule has 1 aliphatic carbocycles. The van der Waals surface area contributed by atoms with Crippen LogP contribution in [0.3, 0.4) is 0 Å². The lowest BCUT2D eigenvalue weighted by atomic mass is 10.2. The van der Waals surface area contributed by atoms with Crippen molar-refractivity contribution < 1.29 is 8.42 Å². The van der Waals surface area contributed by atoms with E-state index in [1.54, 1.807) is 16.8 Å². The number of hydrogen-bond acceptors (Lipinski definition) is 3. The second kappa shape index (κ2) is 3.05. The van der Waals surface area contributed by atoms with Crippen molar-refractivity contribution in [1.82, 2.24) is 9.38 Å². The normalized spacial score (nSPS) is 16.8. The summed E-state index contributed by atoms with van der Waals surface area (Å²) in [5.41, 5.74) is 2.02. The third kappa shape index (κ3) is 1.50. The Kier molecular flexibility index (Phi) is 1.87. The summed E-state index contributed by atoms with van der Waals surface area (Å²) < 4.78 is 24.1. The van der Waals surface area contributed by atoms with Gasteiger partial charge in [0.2, 0.25) is 10.0 Å². The fourth-order valence-corrected chi connectivity index (χ4v) is 2.36. The summed E-state index contributed by atoms with van der Waals surface area (Å²) in [5.74, 6) is 0.547. The maximum absolute atomic E-state index is 11.2. The highest BCUT2D eigenvalue weighted by atomic mass is 32.2. The molecule has 6 heteroatoms. The lowest BCUT2D eigenvalue weighted by Crippen LogP contribution is -2.12. The van der Waals surface area contributed by atoms with Crippen LogP contribution in [0.2, 0.25) is 0 Å². The van der Waals surface area contributed by atoms with Crippen LogP contribution in [0.4, 0.5) is 0 Å². The van der Waals surface area contributed by atoms with Gasteiger partial charge >= 0.3 is 0 Å². The van der Waals surface area contributed by atoms with E-state index in [1.165, 1.54) is 25.1 Å². The fraction of sp³-hybridized carbons (Fsp3) is 0.300. The SMILES string of the molecule is NS(=O)(=O)c1ccc2c(C3CC3)ncn2c1. The Hall–Kier alpha value is -1.40. The van der Waals surface area contributed by atoms with E-state index in [9.17, 15) is 8.42 Å². The van der Waals surface area contributed by atoms with E-state index in [4.69, 9.17) is 5.14 Å². The minimum absolute atomic E-state index is 0.111. The maximum atomic E-state index is 11.2. The molecule has 1 saturated carbocycles. The van der Waals surface area contributed by atoms with Crippen LogP contribution in [0, 0.1) is 0 Å². The maximum Gasteiger partial charge on any atom is 0.239 e. The quantitative estimate of drug-likeness (QED) is 0.841. The summed E-state index contributed by atoms with van der Waals surface area (Å²) in [4.78, 5) is 4.42. The van der Waals surface area contributed by atoms with Crippen LogP contribution in [0.15, 0.2) is 29.6 Å². The van der Waals surface area contributed by atoms with Gasteiger partial charge in [0.05, 0.1) is 22.4 Å². The zero-order chi connectivity index (χ0) is 11.3. The van der Waals surface area contributed by atoms with Crippen LogP contribution < -0.4 is 5.14 Å². The van der Waals surface area contributed by atoms with Gasteiger partial charge in [-0.15, -0.1) is 0 Å². The molecule has 3 rings (SSSR count). The number of hydrogen-bond donors (Lipinski definition) is 1. The van der Waals surface area contributed by atoms with E-state index in [0.29, 0.717) is 5.92 Å². The monoisotopic (exact) mass is 237 g/mol. The third-order valence-corrected chi connectivity index (χ3v) is 3.72. The van der Waals surface area contributed by atoms with Crippen LogP contribution in [0.25, 0.3) is 5.52 Å². The van der Waals surface area contributed by atoms with Crippen molar-refractivity contribution in [3.05, 3.63) is 30.4 Å². The van der Waals surface area contributed by atoms with Gasteiger partial charge in [-0.05, 0) is 25.0 Å². The first-order chi connectivity index (χ1) is 7.55. The zero-order valence-corrected chi connectivity index (χ0v) is 9.31. The van der Waals surface area contributed by atoms with Crippen LogP contribution in [0.5, 0.6) is 0 Å². The van der Waals surface area contributed by atoms with Crippen LogP contribution in [0.1, 0.15) is 24.5 Å². The molecule has 0 bridgehead atoms. The van der Waals surface area contributed by atoms with E-state index in [2.05, 4.69) is 4.98 Å². The van der Waals surface area contributed by atoms with Gasteiger partial charge in [-0.25, -0.2) is 18.5 Å². The van der Waals surface area contributed by atoms with Crippen molar-refractivity contribution in [3.8, 4) is 0 Å². The Bertz CT molecular complexity index is 656. The first-order valence-corrected chi connectivity index (χ1v) is 6.60. The van der Waals surface area contributed by atoms with Crippen molar-refractivity contribution in [3.63, 3.8) is 0 Å². The highest BCUT2D eigenvalue weighted by molar-refractivity contribution is 7.89.